The van der Waals surface area contributed by atoms with Gasteiger partial charge in [0.1, 0.15) is 0 Å². The average Bonchev–Trinajstić information content (AvgIpc) is 2.47. The van der Waals surface area contributed by atoms with Gasteiger partial charge in [-0.1, -0.05) is 18.2 Å². The molecule has 2 N–H and O–H groups in total. The molecule has 17 heavy (non-hydrogen) atoms. The Morgan fingerprint density at radius 1 is 1.18 bits per heavy atom. The first kappa shape index (κ1) is 10.3. The SMILES string of the molecule is NC(=O)C1=C2CCCCc3cccc(c32)C1=O. The summed E-state index contributed by atoms with van der Waals surface area (Å²) in [5.74, 6) is -0.777. The van der Waals surface area contributed by atoms with Gasteiger partial charge in [-0.05, 0) is 42.4 Å². The van der Waals surface area contributed by atoms with Crippen LogP contribution < -0.4 is 5.73 Å². The van der Waals surface area contributed by atoms with Gasteiger partial charge in [-0.3, -0.25) is 9.59 Å². The zero-order valence-corrected chi connectivity index (χ0v) is 9.45. The van der Waals surface area contributed by atoms with E-state index in [1.54, 1.807) is 6.07 Å². The lowest BCUT2D eigenvalue weighted by atomic mass is 9.98. The first-order valence-electron chi connectivity index (χ1n) is 5.90. The Morgan fingerprint density at radius 2 is 1.94 bits per heavy atom. The van der Waals surface area contributed by atoms with Crippen LogP contribution in [0, 0.1) is 0 Å². The summed E-state index contributed by atoms with van der Waals surface area (Å²) in [6, 6.07) is 5.72. The first-order valence-corrected chi connectivity index (χ1v) is 5.90. The summed E-state index contributed by atoms with van der Waals surface area (Å²) in [5, 5.41) is 0. The maximum absolute atomic E-state index is 12.1. The third-order valence-electron chi connectivity index (χ3n) is 3.60. The number of benzene rings is 1. The molecule has 0 unspecified atom stereocenters. The summed E-state index contributed by atoms with van der Waals surface area (Å²) in [6.07, 6.45) is 3.87. The van der Waals surface area contributed by atoms with Crippen molar-refractivity contribution in [3.05, 3.63) is 40.5 Å². The molecule has 3 nitrogen and oxygen atoms in total. The molecule has 2 aliphatic carbocycles. The van der Waals surface area contributed by atoms with E-state index in [1.807, 2.05) is 12.1 Å². The number of rotatable bonds is 1. The van der Waals surface area contributed by atoms with Crippen LogP contribution in [-0.4, -0.2) is 11.7 Å². The lowest BCUT2D eigenvalue weighted by Crippen LogP contribution is -2.19. The van der Waals surface area contributed by atoms with Crippen LogP contribution in [0.25, 0.3) is 5.57 Å². The molecular weight excluding hydrogens is 214 g/mol. The van der Waals surface area contributed by atoms with Crippen LogP contribution in [0.2, 0.25) is 0 Å². The molecule has 0 aromatic heterocycles. The number of carbonyl (C=O) groups is 2. The fraction of sp³-hybridized carbons (Fsp3) is 0.286. The molecule has 0 atom stereocenters. The minimum absolute atomic E-state index is 0.189. The van der Waals surface area contributed by atoms with Gasteiger partial charge in [-0.2, -0.15) is 0 Å². The van der Waals surface area contributed by atoms with E-state index in [0.717, 1.165) is 36.8 Å². The zero-order chi connectivity index (χ0) is 12.0. The van der Waals surface area contributed by atoms with Crippen molar-refractivity contribution in [2.45, 2.75) is 25.7 Å². The van der Waals surface area contributed by atoms with E-state index in [0.29, 0.717) is 5.56 Å². The molecule has 1 aromatic carbocycles. The number of hydrogen-bond donors (Lipinski definition) is 1. The third kappa shape index (κ3) is 1.35. The van der Waals surface area contributed by atoms with Crippen LogP contribution in [0.1, 0.15) is 40.7 Å². The van der Waals surface area contributed by atoms with Gasteiger partial charge in [0.25, 0.3) is 5.91 Å². The predicted octanol–water partition coefficient (Wildman–Crippen LogP) is 1.85. The van der Waals surface area contributed by atoms with Crippen LogP contribution in [0.3, 0.4) is 0 Å². The van der Waals surface area contributed by atoms with E-state index in [9.17, 15) is 9.59 Å². The van der Waals surface area contributed by atoms with Crippen LogP contribution in [-0.2, 0) is 11.2 Å². The fourth-order valence-corrected chi connectivity index (χ4v) is 2.88. The molecule has 0 heterocycles. The maximum Gasteiger partial charge on any atom is 0.252 e. The molecule has 0 aliphatic heterocycles. The highest BCUT2D eigenvalue weighted by Gasteiger charge is 2.34. The minimum Gasteiger partial charge on any atom is -0.365 e. The highest BCUT2D eigenvalue weighted by atomic mass is 16.2. The van der Waals surface area contributed by atoms with Gasteiger partial charge in [-0.25, -0.2) is 0 Å². The molecule has 0 fully saturated rings. The number of nitrogens with two attached hydrogens (primary N) is 1. The van der Waals surface area contributed by atoms with Crippen molar-refractivity contribution >= 4 is 17.3 Å². The van der Waals surface area contributed by atoms with Crippen molar-refractivity contribution in [2.75, 3.05) is 0 Å². The summed E-state index contributed by atoms with van der Waals surface area (Å²) in [5.41, 5.74) is 9.27. The molecule has 0 radical (unpaired) electrons. The topological polar surface area (TPSA) is 60.2 Å². The number of Topliss-reactive ketones (excluding diaryl/α,β-unsaturated/α-hetero) is 1. The molecule has 2 aliphatic rings. The highest BCUT2D eigenvalue weighted by Crippen LogP contribution is 2.40. The number of primary amides is 1. The fourth-order valence-electron chi connectivity index (χ4n) is 2.88. The molecule has 1 aromatic rings. The monoisotopic (exact) mass is 227 g/mol. The van der Waals surface area contributed by atoms with Gasteiger partial charge in [0, 0.05) is 5.56 Å². The number of amides is 1. The Kier molecular flexibility index (Phi) is 2.15. The summed E-state index contributed by atoms with van der Waals surface area (Å²) < 4.78 is 0. The van der Waals surface area contributed by atoms with Crippen molar-refractivity contribution in [1.82, 2.24) is 0 Å². The summed E-state index contributed by atoms with van der Waals surface area (Å²) in [4.78, 5) is 23.6. The molecule has 86 valence electrons. The normalized spacial score (nSPS) is 18.0. The molecule has 3 heteroatoms. The summed E-state index contributed by atoms with van der Waals surface area (Å²) in [7, 11) is 0. The minimum atomic E-state index is -0.589. The lowest BCUT2D eigenvalue weighted by Gasteiger charge is -2.06. The van der Waals surface area contributed by atoms with E-state index in [2.05, 4.69) is 0 Å². The predicted molar refractivity (Wildman–Crippen MR) is 64.4 cm³/mol. The Labute approximate surface area is 99.3 Å². The number of ketones is 1. The molecule has 1 amide bonds. The molecule has 0 spiro atoms. The number of aryl methyl sites for hydroxylation is 1. The van der Waals surface area contributed by atoms with Crippen molar-refractivity contribution in [2.24, 2.45) is 5.73 Å². The quantitative estimate of drug-likeness (QED) is 0.744. The van der Waals surface area contributed by atoms with Crippen molar-refractivity contribution < 1.29 is 9.59 Å². The Balaban J connectivity index is 2.32. The average molecular weight is 227 g/mol. The smallest absolute Gasteiger partial charge is 0.252 e. The van der Waals surface area contributed by atoms with Gasteiger partial charge < -0.3 is 5.73 Å². The maximum atomic E-state index is 12.1. The van der Waals surface area contributed by atoms with Gasteiger partial charge in [-0.15, -0.1) is 0 Å². The summed E-state index contributed by atoms with van der Waals surface area (Å²) in [6.45, 7) is 0. The van der Waals surface area contributed by atoms with Gasteiger partial charge >= 0.3 is 0 Å². The van der Waals surface area contributed by atoms with Crippen molar-refractivity contribution in [3.8, 4) is 0 Å². The summed E-state index contributed by atoms with van der Waals surface area (Å²) >= 11 is 0. The first-order chi connectivity index (χ1) is 8.20. The Bertz CT molecular complexity index is 570. The second-order valence-corrected chi connectivity index (χ2v) is 4.59. The molecule has 0 bridgehead atoms. The van der Waals surface area contributed by atoms with Crippen LogP contribution in [0.15, 0.2) is 23.8 Å². The molecular formula is C14H13NO2. The van der Waals surface area contributed by atoms with Crippen molar-refractivity contribution in [1.29, 1.82) is 0 Å². The van der Waals surface area contributed by atoms with Gasteiger partial charge in [0.05, 0.1) is 5.57 Å². The second kappa shape index (κ2) is 3.55. The zero-order valence-electron chi connectivity index (χ0n) is 9.45. The standard InChI is InChI=1S/C14H13NO2/c15-14(17)12-9-6-2-1-4-8-5-3-7-10(11(8)9)13(12)16/h3,5,7H,1-2,4,6H2,(H2,15,17). The van der Waals surface area contributed by atoms with Crippen LogP contribution >= 0.6 is 0 Å². The number of allylic oxidation sites excluding steroid dienone is 1. The van der Waals surface area contributed by atoms with Gasteiger partial charge in [0.15, 0.2) is 5.78 Å². The van der Waals surface area contributed by atoms with E-state index < -0.39 is 5.91 Å². The van der Waals surface area contributed by atoms with E-state index in [-0.39, 0.29) is 11.4 Å². The Hall–Kier alpha value is -1.90. The van der Waals surface area contributed by atoms with Crippen LogP contribution in [0.5, 0.6) is 0 Å². The third-order valence-corrected chi connectivity index (χ3v) is 3.60. The largest absolute Gasteiger partial charge is 0.365 e. The van der Waals surface area contributed by atoms with E-state index in [1.165, 1.54) is 5.56 Å². The van der Waals surface area contributed by atoms with E-state index >= 15 is 0 Å². The highest BCUT2D eigenvalue weighted by molar-refractivity contribution is 6.34. The van der Waals surface area contributed by atoms with Gasteiger partial charge in [0.2, 0.25) is 0 Å². The lowest BCUT2D eigenvalue weighted by molar-refractivity contribution is -0.114. The molecule has 3 rings (SSSR count). The Morgan fingerprint density at radius 3 is 2.71 bits per heavy atom. The van der Waals surface area contributed by atoms with Crippen molar-refractivity contribution in [3.63, 3.8) is 0 Å². The number of hydrogen-bond acceptors (Lipinski definition) is 2. The van der Waals surface area contributed by atoms with Crippen LogP contribution in [0.4, 0.5) is 0 Å². The second-order valence-electron chi connectivity index (χ2n) is 4.59. The van der Waals surface area contributed by atoms with E-state index in [4.69, 9.17) is 5.73 Å². The number of carbonyl (C=O) groups excluding carboxylic acids is 2. The molecule has 0 saturated heterocycles. The molecule has 0 saturated carbocycles.